The highest BCUT2D eigenvalue weighted by atomic mass is 16.7. The Bertz CT molecular complexity index is 291. The van der Waals surface area contributed by atoms with E-state index in [-0.39, 0.29) is 12.3 Å². The first kappa shape index (κ1) is 25.4. The topological polar surface area (TPSA) is 35.5 Å². The Kier molecular flexibility index (Phi) is 20.3. The Hall–Kier alpha value is -0.570. The molecular formula is C23H46O3. The largest absolute Gasteiger partial charge is 0.436 e. The van der Waals surface area contributed by atoms with E-state index in [0.29, 0.717) is 13.0 Å². The van der Waals surface area contributed by atoms with E-state index < -0.39 is 0 Å². The third kappa shape index (κ3) is 18.2. The lowest BCUT2D eigenvalue weighted by molar-refractivity contribution is -0.179. The van der Waals surface area contributed by atoms with Crippen LogP contribution in [0.15, 0.2) is 0 Å². The molecule has 3 nitrogen and oxygen atoms in total. The van der Waals surface area contributed by atoms with E-state index in [9.17, 15) is 4.79 Å². The van der Waals surface area contributed by atoms with Crippen molar-refractivity contribution in [3.05, 3.63) is 0 Å². The normalized spacial score (nSPS) is 12.3. The van der Waals surface area contributed by atoms with Gasteiger partial charge in [-0.1, -0.05) is 104 Å². The minimum absolute atomic E-state index is 0.101. The first-order valence-corrected chi connectivity index (χ1v) is 11.6. The van der Waals surface area contributed by atoms with Crippen molar-refractivity contribution in [3.63, 3.8) is 0 Å². The summed E-state index contributed by atoms with van der Waals surface area (Å²) in [7, 11) is 0. The molecule has 0 aromatic heterocycles. The number of unbranched alkanes of at least 4 members (excludes halogenated alkanes) is 13. The Balaban J connectivity index is 3.34. The van der Waals surface area contributed by atoms with Gasteiger partial charge in [-0.2, -0.15) is 0 Å². The van der Waals surface area contributed by atoms with Crippen LogP contribution in [0.3, 0.4) is 0 Å². The van der Waals surface area contributed by atoms with Gasteiger partial charge in [0.05, 0.1) is 6.61 Å². The van der Waals surface area contributed by atoms with Gasteiger partial charge in [0.1, 0.15) is 0 Å². The number of esters is 1. The molecule has 0 heterocycles. The highest BCUT2D eigenvalue weighted by Gasteiger charge is 2.12. The van der Waals surface area contributed by atoms with Gasteiger partial charge in [-0.25, -0.2) is 0 Å². The zero-order valence-corrected chi connectivity index (χ0v) is 18.0. The van der Waals surface area contributed by atoms with Gasteiger partial charge >= 0.3 is 5.97 Å². The number of carbonyl (C=O) groups excluding carboxylic acids is 1. The maximum Gasteiger partial charge on any atom is 0.308 e. The highest BCUT2D eigenvalue weighted by molar-refractivity contribution is 5.69. The summed E-state index contributed by atoms with van der Waals surface area (Å²) in [6.45, 7) is 7.08. The average molecular weight is 371 g/mol. The second-order valence-electron chi connectivity index (χ2n) is 7.54. The average Bonchev–Trinajstić information content (AvgIpc) is 2.64. The van der Waals surface area contributed by atoms with E-state index in [2.05, 4.69) is 13.8 Å². The van der Waals surface area contributed by atoms with Crippen LogP contribution in [-0.4, -0.2) is 18.9 Å². The van der Waals surface area contributed by atoms with Gasteiger partial charge in [0.15, 0.2) is 0 Å². The quantitative estimate of drug-likeness (QED) is 0.126. The van der Waals surface area contributed by atoms with Gasteiger partial charge < -0.3 is 9.47 Å². The Morgan fingerprint density at radius 3 is 1.58 bits per heavy atom. The number of rotatable bonds is 20. The summed E-state index contributed by atoms with van der Waals surface area (Å²) in [6, 6.07) is 0. The fourth-order valence-corrected chi connectivity index (χ4v) is 3.09. The molecule has 0 amide bonds. The molecule has 0 bridgehead atoms. The molecule has 0 radical (unpaired) electrons. The van der Waals surface area contributed by atoms with Crippen molar-refractivity contribution in [1.82, 2.24) is 0 Å². The van der Waals surface area contributed by atoms with Gasteiger partial charge in [-0.15, -0.1) is 0 Å². The van der Waals surface area contributed by atoms with Gasteiger partial charge in [0.25, 0.3) is 0 Å². The van der Waals surface area contributed by atoms with Crippen molar-refractivity contribution in [1.29, 1.82) is 0 Å². The second kappa shape index (κ2) is 20.7. The van der Waals surface area contributed by atoms with Crippen LogP contribution < -0.4 is 0 Å². The monoisotopic (exact) mass is 370 g/mol. The maximum absolute atomic E-state index is 11.8. The van der Waals surface area contributed by atoms with Crippen LogP contribution in [0.4, 0.5) is 0 Å². The summed E-state index contributed by atoms with van der Waals surface area (Å²) in [5.74, 6) is -0.101. The summed E-state index contributed by atoms with van der Waals surface area (Å²) in [6.07, 6.45) is 20.2. The van der Waals surface area contributed by atoms with Gasteiger partial charge in [0.2, 0.25) is 6.29 Å². The van der Waals surface area contributed by atoms with E-state index in [4.69, 9.17) is 9.47 Å². The highest BCUT2D eigenvalue weighted by Crippen LogP contribution is 2.13. The van der Waals surface area contributed by atoms with Crippen LogP contribution in [0.2, 0.25) is 0 Å². The van der Waals surface area contributed by atoms with Crippen molar-refractivity contribution < 1.29 is 14.3 Å². The molecular weight excluding hydrogens is 324 g/mol. The molecule has 0 rings (SSSR count). The van der Waals surface area contributed by atoms with Crippen LogP contribution in [0.5, 0.6) is 0 Å². The number of ether oxygens (including phenoxy) is 2. The van der Waals surface area contributed by atoms with Crippen LogP contribution in [0.25, 0.3) is 0 Å². The van der Waals surface area contributed by atoms with Crippen molar-refractivity contribution in [2.24, 2.45) is 0 Å². The number of hydrogen-bond donors (Lipinski definition) is 0. The van der Waals surface area contributed by atoms with E-state index in [1.165, 1.54) is 70.6 Å². The molecule has 156 valence electrons. The molecule has 0 saturated heterocycles. The van der Waals surface area contributed by atoms with Crippen molar-refractivity contribution in [3.8, 4) is 0 Å². The van der Waals surface area contributed by atoms with Crippen molar-refractivity contribution >= 4 is 5.97 Å². The lowest BCUT2D eigenvalue weighted by atomic mass is 10.0. The maximum atomic E-state index is 11.8. The summed E-state index contributed by atoms with van der Waals surface area (Å²) in [5, 5.41) is 0. The van der Waals surface area contributed by atoms with Crippen molar-refractivity contribution in [2.45, 2.75) is 136 Å². The molecule has 26 heavy (non-hydrogen) atoms. The molecule has 0 aliphatic rings. The smallest absolute Gasteiger partial charge is 0.308 e. The zero-order valence-electron chi connectivity index (χ0n) is 18.0. The first-order valence-electron chi connectivity index (χ1n) is 11.6. The lowest BCUT2D eigenvalue weighted by Crippen LogP contribution is -2.21. The standard InChI is InChI=1S/C23H46O3/c1-4-7-9-10-11-12-13-14-15-16-17-18-19-20-22(24)26-23(6-3)25-21-8-5-2/h23H,4-21H2,1-3H3. The Morgan fingerprint density at radius 1 is 0.654 bits per heavy atom. The summed E-state index contributed by atoms with van der Waals surface area (Å²) >= 11 is 0. The van der Waals surface area contributed by atoms with E-state index in [0.717, 1.165) is 32.1 Å². The fraction of sp³-hybridized carbons (Fsp3) is 0.957. The first-order chi connectivity index (χ1) is 12.7. The third-order valence-corrected chi connectivity index (χ3v) is 4.88. The Morgan fingerprint density at radius 2 is 1.12 bits per heavy atom. The molecule has 1 atom stereocenters. The van der Waals surface area contributed by atoms with E-state index >= 15 is 0 Å². The summed E-state index contributed by atoms with van der Waals surface area (Å²) in [4.78, 5) is 11.8. The van der Waals surface area contributed by atoms with Crippen LogP contribution in [-0.2, 0) is 14.3 Å². The lowest BCUT2D eigenvalue weighted by Gasteiger charge is -2.16. The van der Waals surface area contributed by atoms with Gasteiger partial charge in [-0.05, 0) is 12.8 Å². The number of hydrogen-bond acceptors (Lipinski definition) is 3. The molecule has 0 aromatic rings. The minimum atomic E-state index is -0.351. The predicted molar refractivity (Wildman–Crippen MR) is 111 cm³/mol. The van der Waals surface area contributed by atoms with E-state index in [1.54, 1.807) is 0 Å². The third-order valence-electron chi connectivity index (χ3n) is 4.88. The van der Waals surface area contributed by atoms with Gasteiger partial charge in [0, 0.05) is 12.8 Å². The van der Waals surface area contributed by atoms with Crippen LogP contribution in [0.1, 0.15) is 130 Å². The molecule has 0 aliphatic carbocycles. The summed E-state index contributed by atoms with van der Waals surface area (Å²) < 4.78 is 11.0. The molecule has 0 N–H and O–H groups in total. The molecule has 0 aromatic carbocycles. The summed E-state index contributed by atoms with van der Waals surface area (Å²) in [5.41, 5.74) is 0. The predicted octanol–water partition coefficient (Wildman–Crippen LogP) is 7.56. The molecule has 0 fully saturated rings. The second-order valence-corrected chi connectivity index (χ2v) is 7.54. The number of carbonyl (C=O) groups is 1. The van der Waals surface area contributed by atoms with Crippen molar-refractivity contribution in [2.75, 3.05) is 6.61 Å². The molecule has 1 unspecified atom stereocenters. The SMILES string of the molecule is CCCCCCCCCCCCCCCC(=O)OC(CC)OCCCC. The minimum Gasteiger partial charge on any atom is -0.436 e. The zero-order chi connectivity index (χ0) is 19.3. The van der Waals surface area contributed by atoms with Gasteiger partial charge in [-0.3, -0.25) is 4.79 Å². The Labute approximate surface area is 163 Å². The molecule has 0 saturated carbocycles. The molecule has 0 aliphatic heterocycles. The molecule has 0 spiro atoms. The van der Waals surface area contributed by atoms with E-state index in [1.807, 2.05) is 6.92 Å². The van der Waals surface area contributed by atoms with Crippen LogP contribution in [0, 0.1) is 0 Å². The fourth-order valence-electron chi connectivity index (χ4n) is 3.09. The molecule has 3 heteroatoms. The van der Waals surface area contributed by atoms with Crippen LogP contribution >= 0.6 is 0 Å².